The van der Waals surface area contributed by atoms with Gasteiger partial charge in [0, 0.05) is 49.9 Å². The first-order valence-corrected chi connectivity index (χ1v) is 10.5. The van der Waals surface area contributed by atoms with E-state index in [1.165, 1.54) is 16.8 Å². The number of nitrogens with zero attached hydrogens (tertiary/aromatic N) is 2. The van der Waals surface area contributed by atoms with Crippen LogP contribution in [0.4, 0.5) is 11.4 Å². The van der Waals surface area contributed by atoms with Gasteiger partial charge < -0.3 is 15.1 Å². The number of piperazine rings is 1. The summed E-state index contributed by atoms with van der Waals surface area (Å²) in [5.74, 6) is 0.0820. The molecule has 2 aromatic carbocycles. The van der Waals surface area contributed by atoms with Crippen LogP contribution in [-0.2, 0) is 16.0 Å². The molecule has 2 aromatic rings. The smallest absolute Gasteiger partial charge is 0.227 e. The number of carbonyl (C=O) groups excluding carboxylic acids is 2. The van der Waals surface area contributed by atoms with Gasteiger partial charge in [-0.3, -0.25) is 9.59 Å². The lowest BCUT2D eigenvalue weighted by Crippen LogP contribution is -2.49. The van der Waals surface area contributed by atoms with E-state index in [0.717, 1.165) is 43.9 Å². The molecule has 0 radical (unpaired) electrons. The van der Waals surface area contributed by atoms with Gasteiger partial charge in [0.25, 0.3) is 0 Å². The number of hydrogen-bond acceptors (Lipinski definition) is 3. The van der Waals surface area contributed by atoms with E-state index >= 15 is 0 Å². The van der Waals surface area contributed by atoms with Gasteiger partial charge in [-0.25, -0.2) is 0 Å². The molecule has 1 N–H and O–H groups in total. The van der Waals surface area contributed by atoms with Crippen LogP contribution in [0.1, 0.15) is 29.5 Å². The Morgan fingerprint density at radius 2 is 1.79 bits per heavy atom. The van der Waals surface area contributed by atoms with E-state index in [2.05, 4.69) is 48.3 Å². The van der Waals surface area contributed by atoms with Crippen molar-refractivity contribution in [1.82, 2.24) is 4.90 Å². The number of anilines is 2. The molecule has 0 aromatic heterocycles. The summed E-state index contributed by atoms with van der Waals surface area (Å²) < 4.78 is 0. The molecule has 0 saturated carbocycles. The summed E-state index contributed by atoms with van der Waals surface area (Å²) in [6, 6.07) is 14.3. The molecule has 29 heavy (non-hydrogen) atoms. The van der Waals surface area contributed by atoms with Crippen molar-refractivity contribution in [3.8, 4) is 0 Å². The largest absolute Gasteiger partial charge is 0.368 e. The lowest BCUT2D eigenvalue weighted by Gasteiger charge is -2.37. The molecule has 2 aliphatic rings. The third-order valence-electron chi connectivity index (χ3n) is 6.37. The molecule has 0 aliphatic carbocycles. The first-order chi connectivity index (χ1) is 14.0. The second kappa shape index (κ2) is 8.27. The molecule has 0 bridgehead atoms. The zero-order valence-corrected chi connectivity index (χ0v) is 17.3. The van der Waals surface area contributed by atoms with Gasteiger partial charge in [0.05, 0.1) is 0 Å². The van der Waals surface area contributed by atoms with E-state index in [1.807, 2.05) is 23.1 Å². The number of hydrogen-bond donors (Lipinski definition) is 1. The van der Waals surface area contributed by atoms with Crippen LogP contribution in [-0.4, -0.2) is 42.9 Å². The van der Waals surface area contributed by atoms with E-state index in [0.29, 0.717) is 12.8 Å². The summed E-state index contributed by atoms with van der Waals surface area (Å²) >= 11 is 0. The zero-order chi connectivity index (χ0) is 20.4. The van der Waals surface area contributed by atoms with Crippen LogP contribution in [0.5, 0.6) is 0 Å². The highest BCUT2D eigenvalue weighted by atomic mass is 16.2. The number of rotatable bonds is 4. The third kappa shape index (κ3) is 4.14. The molecular formula is C24H29N3O2. The maximum atomic E-state index is 12.7. The molecule has 4 rings (SSSR count). The van der Waals surface area contributed by atoms with Crippen molar-refractivity contribution in [3.63, 3.8) is 0 Å². The van der Waals surface area contributed by atoms with Crippen molar-refractivity contribution < 1.29 is 9.59 Å². The van der Waals surface area contributed by atoms with Crippen LogP contribution in [0.15, 0.2) is 42.5 Å². The maximum absolute atomic E-state index is 12.7. The fraction of sp³-hybridized carbons (Fsp3) is 0.417. The van der Waals surface area contributed by atoms with E-state index in [9.17, 15) is 9.59 Å². The van der Waals surface area contributed by atoms with Crippen molar-refractivity contribution >= 4 is 23.2 Å². The minimum Gasteiger partial charge on any atom is -0.368 e. The number of carbonyl (C=O) groups is 2. The Morgan fingerprint density at radius 1 is 1.03 bits per heavy atom. The molecule has 5 heteroatoms. The highest BCUT2D eigenvalue weighted by molar-refractivity contribution is 5.96. The number of benzene rings is 2. The lowest BCUT2D eigenvalue weighted by atomic mass is 9.89. The monoisotopic (exact) mass is 391 g/mol. The number of aryl methyl sites for hydroxylation is 1. The first kappa shape index (κ1) is 19.5. The molecule has 2 amide bonds. The highest BCUT2D eigenvalue weighted by Crippen LogP contribution is 2.28. The van der Waals surface area contributed by atoms with Gasteiger partial charge >= 0.3 is 0 Å². The number of amides is 2. The van der Waals surface area contributed by atoms with Gasteiger partial charge in [0.2, 0.25) is 11.8 Å². The second-order valence-corrected chi connectivity index (χ2v) is 8.17. The molecule has 0 spiro atoms. The topological polar surface area (TPSA) is 52.6 Å². The summed E-state index contributed by atoms with van der Waals surface area (Å²) in [5, 5.41) is 2.98. The number of nitrogens with one attached hydrogen (secondary N) is 1. The number of para-hydroxylation sites is 1. The van der Waals surface area contributed by atoms with Crippen molar-refractivity contribution in [3.05, 3.63) is 59.2 Å². The minimum absolute atomic E-state index is 0.0382. The SMILES string of the molecule is Cc1cccc(N2CCN(C(=O)CCC3Cc4ccccc4NC3=O)CC2)c1C. The van der Waals surface area contributed by atoms with Crippen molar-refractivity contribution in [2.24, 2.45) is 5.92 Å². The fourth-order valence-corrected chi connectivity index (χ4v) is 4.38. The summed E-state index contributed by atoms with van der Waals surface area (Å²) in [6.07, 6.45) is 1.76. The maximum Gasteiger partial charge on any atom is 0.227 e. The Balaban J connectivity index is 1.29. The Morgan fingerprint density at radius 3 is 2.59 bits per heavy atom. The van der Waals surface area contributed by atoms with E-state index in [4.69, 9.17) is 0 Å². The van der Waals surface area contributed by atoms with E-state index in [-0.39, 0.29) is 17.7 Å². The van der Waals surface area contributed by atoms with Crippen molar-refractivity contribution in [1.29, 1.82) is 0 Å². The molecule has 1 fully saturated rings. The number of fused-ring (bicyclic) bond motifs is 1. The Kier molecular flexibility index (Phi) is 5.56. The third-order valence-corrected chi connectivity index (χ3v) is 6.37. The van der Waals surface area contributed by atoms with Crippen LogP contribution in [0, 0.1) is 19.8 Å². The quantitative estimate of drug-likeness (QED) is 0.867. The van der Waals surface area contributed by atoms with Gasteiger partial charge in [-0.1, -0.05) is 30.3 Å². The minimum atomic E-state index is -0.120. The van der Waals surface area contributed by atoms with Gasteiger partial charge in [-0.15, -0.1) is 0 Å². The van der Waals surface area contributed by atoms with Crippen LogP contribution in [0.3, 0.4) is 0 Å². The Hall–Kier alpha value is -2.82. The average molecular weight is 392 g/mol. The molecule has 1 unspecified atom stereocenters. The van der Waals surface area contributed by atoms with E-state index in [1.54, 1.807) is 0 Å². The van der Waals surface area contributed by atoms with Crippen molar-refractivity contribution in [2.75, 3.05) is 36.4 Å². The Bertz CT molecular complexity index is 916. The standard InChI is InChI=1S/C24H29N3O2/c1-17-6-5-9-22(18(17)2)26-12-14-27(15-13-26)23(28)11-10-20-16-19-7-3-4-8-21(19)25-24(20)29/h3-9,20H,10-16H2,1-2H3,(H,25,29). The van der Waals surface area contributed by atoms with Gasteiger partial charge in [0.15, 0.2) is 0 Å². The highest BCUT2D eigenvalue weighted by Gasteiger charge is 2.28. The molecule has 1 saturated heterocycles. The molecule has 152 valence electrons. The van der Waals surface area contributed by atoms with Crippen LogP contribution >= 0.6 is 0 Å². The van der Waals surface area contributed by atoms with Gasteiger partial charge in [-0.05, 0) is 55.5 Å². The lowest BCUT2D eigenvalue weighted by molar-refractivity contribution is -0.132. The van der Waals surface area contributed by atoms with Gasteiger partial charge in [0.1, 0.15) is 0 Å². The fourth-order valence-electron chi connectivity index (χ4n) is 4.38. The predicted octanol–water partition coefficient (Wildman–Crippen LogP) is 3.54. The molecular weight excluding hydrogens is 362 g/mol. The van der Waals surface area contributed by atoms with Crippen molar-refractivity contribution in [2.45, 2.75) is 33.1 Å². The Labute approximate surface area is 172 Å². The zero-order valence-electron chi connectivity index (χ0n) is 17.3. The molecule has 2 heterocycles. The van der Waals surface area contributed by atoms with Crippen LogP contribution < -0.4 is 10.2 Å². The van der Waals surface area contributed by atoms with E-state index < -0.39 is 0 Å². The van der Waals surface area contributed by atoms with Gasteiger partial charge in [-0.2, -0.15) is 0 Å². The predicted molar refractivity (Wildman–Crippen MR) is 116 cm³/mol. The molecule has 2 aliphatic heterocycles. The second-order valence-electron chi connectivity index (χ2n) is 8.17. The average Bonchev–Trinajstić information content (AvgIpc) is 2.74. The first-order valence-electron chi connectivity index (χ1n) is 10.5. The summed E-state index contributed by atoms with van der Waals surface area (Å²) in [6.45, 7) is 7.49. The molecule has 1 atom stereocenters. The van der Waals surface area contributed by atoms with Crippen LogP contribution in [0.25, 0.3) is 0 Å². The summed E-state index contributed by atoms with van der Waals surface area (Å²) in [5.41, 5.74) is 5.95. The summed E-state index contributed by atoms with van der Waals surface area (Å²) in [7, 11) is 0. The molecule has 5 nitrogen and oxygen atoms in total. The normalized spacial score (nSPS) is 19.0. The summed E-state index contributed by atoms with van der Waals surface area (Å²) in [4.78, 5) is 29.4. The van der Waals surface area contributed by atoms with Crippen LogP contribution in [0.2, 0.25) is 0 Å².